The van der Waals surface area contributed by atoms with E-state index in [1.165, 1.54) is 0 Å². The van der Waals surface area contributed by atoms with E-state index >= 15 is 0 Å². The standard InChI is InChI=1S/C23H30N4O2S/c1-4-27(5-2)15-14-24-22(29)18-10-12-20(13-11-18)25-23(30)26-21(28)16-19-9-7-6-8-17(19)3/h6-13H,4-5,14-16H2,1-3H3,(H,24,29)(H2,25,26,28,30). The lowest BCUT2D eigenvalue weighted by Gasteiger charge is -2.18. The molecule has 160 valence electrons. The highest BCUT2D eigenvalue weighted by molar-refractivity contribution is 7.80. The summed E-state index contributed by atoms with van der Waals surface area (Å²) in [6.45, 7) is 9.55. The van der Waals surface area contributed by atoms with Crippen molar-refractivity contribution in [3.8, 4) is 0 Å². The summed E-state index contributed by atoms with van der Waals surface area (Å²) in [5.74, 6) is -0.284. The van der Waals surface area contributed by atoms with E-state index in [0.717, 1.165) is 30.8 Å². The molecule has 7 heteroatoms. The minimum absolute atomic E-state index is 0.109. The number of rotatable bonds is 9. The molecule has 0 saturated carbocycles. The van der Waals surface area contributed by atoms with Gasteiger partial charge in [-0.2, -0.15) is 0 Å². The lowest BCUT2D eigenvalue weighted by Crippen LogP contribution is -2.35. The van der Waals surface area contributed by atoms with Crippen LogP contribution >= 0.6 is 12.2 Å². The summed E-state index contributed by atoms with van der Waals surface area (Å²) < 4.78 is 0. The summed E-state index contributed by atoms with van der Waals surface area (Å²) in [6.07, 6.45) is 0.265. The number of anilines is 1. The van der Waals surface area contributed by atoms with Crippen LogP contribution < -0.4 is 16.0 Å². The highest BCUT2D eigenvalue weighted by Gasteiger charge is 2.09. The molecule has 0 saturated heterocycles. The van der Waals surface area contributed by atoms with Crippen LogP contribution in [0.3, 0.4) is 0 Å². The second kappa shape index (κ2) is 12.0. The lowest BCUT2D eigenvalue weighted by molar-refractivity contribution is -0.119. The van der Waals surface area contributed by atoms with Gasteiger partial charge in [0.1, 0.15) is 0 Å². The van der Waals surface area contributed by atoms with E-state index in [2.05, 4.69) is 34.7 Å². The maximum absolute atomic E-state index is 12.3. The molecule has 0 bridgehead atoms. The Morgan fingerprint density at radius 2 is 1.67 bits per heavy atom. The minimum atomic E-state index is -0.175. The van der Waals surface area contributed by atoms with Gasteiger partial charge in [-0.15, -0.1) is 0 Å². The predicted octanol–water partition coefficient (Wildman–Crippen LogP) is 3.12. The molecule has 0 unspecified atom stereocenters. The van der Waals surface area contributed by atoms with E-state index in [9.17, 15) is 9.59 Å². The number of benzene rings is 2. The highest BCUT2D eigenvalue weighted by atomic mass is 32.1. The Hall–Kier alpha value is -2.77. The summed E-state index contributed by atoms with van der Waals surface area (Å²) in [7, 11) is 0. The zero-order valence-electron chi connectivity index (χ0n) is 17.8. The minimum Gasteiger partial charge on any atom is -0.351 e. The number of nitrogens with zero attached hydrogens (tertiary/aromatic N) is 1. The van der Waals surface area contributed by atoms with Crippen LogP contribution in [0.15, 0.2) is 48.5 Å². The molecule has 0 aliphatic rings. The average molecular weight is 427 g/mol. The van der Waals surface area contributed by atoms with Crippen LogP contribution in [0.25, 0.3) is 0 Å². The predicted molar refractivity (Wildman–Crippen MR) is 126 cm³/mol. The summed E-state index contributed by atoms with van der Waals surface area (Å²) in [5, 5.41) is 8.82. The first kappa shape index (κ1) is 23.5. The molecule has 0 radical (unpaired) electrons. The number of carbonyl (C=O) groups excluding carboxylic acids is 2. The van der Waals surface area contributed by atoms with Crippen LogP contribution in [0.1, 0.15) is 35.3 Å². The second-order valence-corrected chi connectivity index (χ2v) is 7.37. The first-order chi connectivity index (χ1) is 14.4. The number of aryl methyl sites for hydroxylation is 1. The van der Waals surface area contributed by atoms with Gasteiger partial charge in [0.2, 0.25) is 5.91 Å². The van der Waals surface area contributed by atoms with Gasteiger partial charge in [-0.3, -0.25) is 9.59 Å². The van der Waals surface area contributed by atoms with Crippen LogP contribution in [-0.4, -0.2) is 48.0 Å². The fourth-order valence-corrected chi connectivity index (χ4v) is 3.22. The van der Waals surface area contributed by atoms with E-state index in [0.29, 0.717) is 17.8 Å². The molecule has 2 aromatic rings. The van der Waals surface area contributed by atoms with Crippen LogP contribution in [0.2, 0.25) is 0 Å². The molecule has 0 fully saturated rings. The first-order valence-corrected chi connectivity index (χ1v) is 10.6. The molecule has 0 spiro atoms. The third-order valence-corrected chi connectivity index (χ3v) is 5.08. The molecule has 2 rings (SSSR count). The van der Waals surface area contributed by atoms with Gasteiger partial charge >= 0.3 is 0 Å². The number of likely N-dealkylation sites (N-methyl/N-ethyl adjacent to an activating group) is 1. The van der Waals surface area contributed by atoms with Crippen molar-refractivity contribution in [2.75, 3.05) is 31.5 Å². The van der Waals surface area contributed by atoms with Gasteiger partial charge in [0.05, 0.1) is 6.42 Å². The first-order valence-electron chi connectivity index (χ1n) is 10.2. The van der Waals surface area contributed by atoms with Crippen LogP contribution in [0.4, 0.5) is 5.69 Å². The zero-order chi connectivity index (χ0) is 21.9. The third-order valence-electron chi connectivity index (χ3n) is 4.88. The topological polar surface area (TPSA) is 73.5 Å². The quantitative estimate of drug-likeness (QED) is 0.538. The number of hydrogen-bond donors (Lipinski definition) is 3. The van der Waals surface area contributed by atoms with Crippen molar-refractivity contribution in [1.82, 2.24) is 15.5 Å². The lowest BCUT2D eigenvalue weighted by atomic mass is 10.1. The summed E-state index contributed by atoms with van der Waals surface area (Å²) in [6, 6.07) is 14.7. The van der Waals surface area contributed by atoms with Crippen molar-refractivity contribution in [3.63, 3.8) is 0 Å². The van der Waals surface area contributed by atoms with Crippen LogP contribution in [-0.2, 0) is 11.2 Å². The van der Waals surface area contributed by atoms with E-state index in [1.54, 1.807) is 24.3 Å². The molecule has 0 atom stereocenters. The van der Waals surface area contributed by atoms with Crippen molar-refractivity contribution in [3.05, 3.63) is 65.2 Å². The second-order valence-electron chi connectivity index (χ2n) is 6.97. The molecule has 30 heavy (non-hydrogen) atoms. The summed E-state index contributed by atoms with van der Waals surface area (Å²) in [4.78, 5) is 26.7. The van der Waals surface area contributed by atoms with Crippen molar-refractivity contribution in [2.24, 2.45) is 0 Å². The number of nitrogens with one attached hydrogen (secondary N) is 3. The zero-order valence-corrected chi connectivity index (χ0v) is 18.6. The fourth-order valence-electron chi connectivity index (χ4n) is 2.99. The van der Waals surface area contributed by atoms with Crippen molar-refractivity contribution in [1.29, 1.82) is 0 Å². The average Bonchev–Trinajstić information content (AvgIpc) is 2.73. The number of hydrogen-bond acceptors (Lipinski definition) is 4. The molecule has 0 heterocycles. The molecule has 2 aromatic carbocycles. The largest absolute Gasteiger partial charge is 0.351 e. The maximum Gasteiger partial charge on any atom is 0.251 e. The van der Waals surface area contributed by atoms with Gasteiger partial charge in [-0.1, -0.05) is 38.1 Å². The Balaban J connectivity index is 1.80. The SMILES string of the molecule is CCN(CC)CCNC(=O)c1ccc(NC(=S)NC(=O)Cc2ccccc2C)cc1. The summed E-state index contributed by atoms with van der Waals surface area (Å²) in [5.41, 5.74) is 3.32. The normalized spacial score (nSPS) is 10.5. The van der Waals surface area contributed by atoms with Crippen LogP contribution in [0.5, 0.6) is 0 Å². The number of amides is 2. The van der Waals surface area contributed by atoms with E-state index in [-0.39, 0.29) is 23.3 Å². The number of thiocarbonyl (C=S) groups is 1. The summed E-state index contributed by atoms with van der Waals surface area (Å²) >= 11 is 5.22. The van der Waals surface area contributed by atoms with Crippen LogP contribution in [0, 0.1) is 6.92 Å². The van der Waals surface area contributed by atoms with E-state index in [1.807, 2.05) is 31.2 Å². The molecule has 6 nitrogen and oxygen atoms in total. The Morgan fingerprint density at radius 1 is 1.00 bits per heavy atom. The Kier molecular flexibility index (Phi) is 9.44. The monoisotopic (exact) mass is 426 g/mol. The molecule has 2 amide bonds. The highest BCUT2D eigenvalue weighted by Crippen LogP contribution is 2.10. The van der Waals surface area contributed by atoms with Gasteiger partial charge in [-0.05, 0) is 67.6 Å². The molecule has 0 aromatic heterocycles. The Morgan fingerprint density at radius 3 is 2.30 bits per heavy atom. The van der Waals surface area contributed by atoms with Gasteiger partial charge in [0, 0.05) is 24.3 Å². The van der Waals surface area contributed by atoms with Gasteiger partial charge < -0.3 is 20.9 Å². The third kappa shape index (κ3) is 7.57. The van der Waals surface area contributed by atoms with Crippen molar-refractivity contribution >= 4 is 34.8 Å². The van der Waals surface area contributed by atoms with Crippen molar-refractivity contribution < 1.29 is 9.59 Å². The van der Waals surface area contributed by atoms with Gasteiger partial charge in [-0.25, -0.2) is 0 Å². The van der Waals surface area contributed by atoms with E-state index < -0.39 is 0 Å². The molecular weight excluding hydrogens is 396 g/mol. The Bertz CT molecular complexity index is 864. The van der Waals surface area contributed by atoms with E-state index in [4.69, 9.17) is 12.2 Å². The van der Waals surface area contributed by atoms with Gasteiger partial charge in [0.25, 0.3) is 5.91 Å². The van der Waals surface area contributed by atoms with Gasteiger partial charge in [0.15, 0.2) is 5.11 Å². The molecule has 3 N–H and O–H groups in total. The molecule has 0 aliphatic heterocycles. The maximum atomic E-state index is 12.3. The Labute approximate surface area is 184 Å². The fraction of sp³-hybridized carbons (Fsp3) is 0.348. The van der Waals surface area contributed by atoms with Crippen molar-refractivity contribution in [2.45, 2.75) is 27.2 Å². The molecular formula is C23H30N4O2S. The smallest absolute Gasteiger partial charge is 0.251 e. The molecule has 0 aliphatic carbocycles. The number of carbonyl (C=O) groups is 2.